The van der Waals surface area contributed by atoms with Gasteiger partial charge >= 0.3 is 5.97 Å². The third-order valence-electron chi connectivity index (χ3n) is 3.31. The van der Waals surface area contributed by atoms with Crippen molar-refractivity contribution >= 4 is 5.97 Å². The fourth-order valence-corrected chi connectivity index (χ4v) is 2.47. The number of methoxy groups -OCH3 is 1. The molecule has 2 aliphatic heterocycles. The van der Waals surface area contributed by atoms with Crippen LogP contribution in [-0.4, -0.2) is 43.3 Å². The molecule has 0 aromatic carbocycles. The normalized spacial score (nSPS) is 37.0. The summed E-state index contributed by atoms with van der Waals surface area (Å²) in [5.41, 5.74) is 0.0323. The number of carbonyl (C=O) groups excluding carboxylic acids is 1. The van der Waals surface area contributed by atoms with Crippen molar-refractivity contribution in [1.29, 1.82) is 0 Å². The van der Waals surface area contributed by atoms with Crippen LogP contribution in [0.15, 0.2) is 12.2 Å². The minimum Gasteiger partial charge on any atom is -0.454 e. The lowest BCUT2D eigenvalue weighted by Gasteiger charge is -2.41. The molecule has 20 heavy (non-hydrogen) atoms. The van der Waals surface area contributed by atoms with E-state index in [1.165, 1.54) is 7.11 Å². The van der Waals surface area contributed by atoms with Crippen LogP contribution in [0.2, 0.25) is 0 Å². The zero-order chi connectivity index (χ0) is 15.1. The van der Waals surface area contributed by atoms with Crippen molar-refractivity contribution in [2.24, 2.45) is 5.41 Å². The van der Waals surface area contributed by atoms with Crippen molar-refractivity contribution < 1.29 is 23.7 Å². The van der Waals surface area contributed by atoms with Crippen LogP contribution >= 0.6 is 0 Å². The van der Waals surface area contributed by atoms with E-state index >= 15 is 0 Å². The summed E-state index contributed by atoms with van der Waals surface area (Å²) in [4.78, 5) is 11.8. The van der Waals surface area contributed by atoms with E-state index in [1.54, 1.807) is 0 Å². The molecular weight excluding hydrogens is 260 g/mol. The molecule has 0 bridgehead atoms. The highest BCUT2D eigenvalue weighted by atomic mass is 16.8. The summed E-state index contributed by atoms with van der Waals surface area (Å²) < 4.78 is 22.3. The molecule has 1 unspecified atom stereocenters. The van der Waals surface area contributed by atoms with Gasteiger partial charge in [0.2, 0.25) is 0 Å². The third-order valence-corrected chi connectivity index (χ3v) is 3.31. The highest BCUT2D eigenvalue weighted by molar-refractivity contribution is 5.78. The highest BCUT2D eigenvalue weighted by Gasteiger charge is 2.55. The van der Waals surface area contributed by atoms with Gasteiger partial charge in [-0.25, -0.2) is 4.79 Å². The average molecular weight is 284 g/mol. The predicted molar refractivity (Wildman–Crippen MR) is 73.1 cm³/mol. The number of fused-ring (bicyclic) bond motifs is 1. The minimum absolute atomic E-state index is 0.0323. The number of carbonyl (C=O) groups is 1. The molecule has 0 aromatic heterocycles. The van der Waals surface area contributed by atoms with Gasteiger partial charge in [-0.1, -0.05) is 32.9 Å². The highest BCUT2D eigenvalue weighted by Crippen LogP contribution is 2.36. The van der Waals surface area contributed by atoms with Crippen LogP contribution in [0.4, 0.5) is 0 Å². The zero-order valence-corrected chi connectivity index (χ0v) is 13.0. The van der Waals surface area contributed by atoms with Crippen LogP contribution in [0.25, 0.3) is 0 Å². The Kier molecular flexibility index (Phi) is 3.97. The van der Waals surface area contributed by atoms with Gasteiger partial charge in [0.1, 0.15) is 12.2 Å². The Balaban J connectivity index is 2.24. The van der Waals surface area contributed by atoms with E-state index in [0.717, 1.165) is 0 Å². The van der Waals surface area contributed by atoms with Crippen molar-refractivity contribution in [1.82, 2.24) is 0 Å². The molecule has 4 atom stereocenters. The number of hydrogen-bond acceptors (Lipinski definition) is 5. The summed E-state index contributed by atoms with van der Waals surface area (Å²) >= 11 is 0. The summed E-state index contributed by atoms with van der Waals surface area (Å²) in [7, 11) is 1.49. The monoisotopic (exact) mass is 284 g/mol. The lowest BCUT2D eigenvalue weighted by atomic mass is 9.94. The molecular formula is C15H24O5. The Bertz CT molecular complexity index is 407. The van der Waals surface area contributed by atoms with Crippen LogP contribution in [0.3, 0.4) is 0 Å². The molecule has 2 aliphatic rings. The summed E-state index contributed by atoms with van der Waals surface area (Å²) in [6.45, 7) is 9.96. The molecule has 5 heteroatoms. The van der Waals surface area contributed by atoms with Gasteiger partial charge in [-0.15, -0.1) is 0 Å². The summed E-state index contributed by atoms with van der Waals surface area (Å²) in [6, 6.07) is 0. The molecule has 5 nitrogen and oxygen atoms in total. The molecule has 0 aromatic rings. The van der Waals surface area contributed by atoms with Crippen LogP contribution < -0.4 is 0 Å². The largest absolute Gasteiger partial charge is 0.454 e. The van der Waals surface area contributed by atoms with Crippen LogP contribution in [0.5, 0.6) is 0 Å². The van der Waals surface area contributed by atoms with Gasteiger partial charge in [-0.2, -0.15) is 0 Å². The van der Waals surface area contributed by atoms with E-state index in [9.17, 15) is 4.79 Å². The summed E-state index contributed by atoms with van der Waals surface area (Å²) in [6.07, 6.45) is 2.10. The number of allylic oxidation sites excluding steroid dienone is 1. The Morgan fingerprint density at radius 1 is 1.20 bits per heavy atom. The molecule has 0 saturated carbocycles. The average Bonchev–Trinajstić information content (AvgIpc) is 2.59. The molecule has 2 rings (SSSR count). The van der Waals surface area contributed by atoms with Gasteiger partial charge in [0.15, 0.2) is 18.0 Å². The molecule has 0 aliphatic carbocycles. The fourth-order valence-electron chi connectivity index (χ4n) is 2.47. The number of ether oxygens (including phenoxy) is 4. The maximum absolute atomic E-state index is 11.8. The fraction of sp³-hybridized carbons (Fsp3) is 0.800. The first-order valence-corrected chi connectivity index (χ1v) is 6.91. The maximum atomic E-state index is 11.8. The van der Waals surface area contributed by atoms with Crippen molar-refractivity contribution in [2.45, 2.75) is 64.8 Å². The lowest BCUT2D eigenvalue weighted by Crippen LogP contribution is -2.54. The Labute approximate surface area is 120 Å². The van der Waals surface area contributed by atoms with Gasteiger partial charge < -0.3 is 18.9 Å². The van der Waals surface area contributed by atoms with Gasteiger partial charge in [0.25, 0.3) is 0 Å². The molecule has 2 heterocycles. The first kappa shape index (κ1) is 15.5. The first-order chi connectivity index (χ1) is 9.13. The minimum atomic E-state index is -0.779. The summed E-state index contributed by atoms with van der Waals surface area (Å²) in [5.74, 6) is -1.17. The number of hydrogen-bond donors (Lipinski definition) is 0. The van der Waals surface area contributed by atoms with Gasteiger partial charge in [-0.05, 0) is 19.3 Å². The zero-order valence-electron chi connectivity index (χ0n) is 13.0. The number of esters is 1. The maximum Gasteiger partial charge on any atom is 0.338 e. The quantitative estimate of drug-likeness (QED) is 0.574. The van der Waals surface area contributed by atoms with Crippen molar-refractivity contribution in [2.75, 3.05) is 7.11 Å². The van der Waals surface area contributed by atoms with Gasteiger partial charge in [0.05, 0.1) is 0 Å². The Morgan fingerprint density at radius 3 is 2.40 bits per heavy atom. The van der Waals surface area contributed by atoms with E-state index in [0.29, 0.717) is 0 Å². The molecule has 0 radical (unpaired) electrons. The first-order valence-electron chi connectivity index (χ1n) is 6.91. The van der Waals surface area contributed by atoms with E-state index in [2.05, 4.69) is 26.8 Å². The molecule has 2 saturated heterocycles. The van der Waals surface area contributed by atoms with Crippen LogP contribution in [-0.2, 0) is 23.7 Å². The third kappa shape index (κ3) is 3.22. The summed E-state index contributed by atoms with van der Waals surface area (Å²) in [5, 5.41) is 0. The second kappa shape index (κ2) is 5.13. The van der Waals surface area contributed by atoms with Crippen molar-refractivity contribution in [3.63, 3.8) is 0 Å². The Hall–Kier alpha value is -0.910. The smallest absolute Gasteiger partial charge is 0.338 e. The van der Waals surface area contributed by atoms with E-state index in [-0.39, 0.29) is 11.5 Å². The topological polar surface area (TPSA) is 54.0 Å². The van der Waals surface area contributed by atoms with Gasteiger partial charge in [0, 0.05) is 7.11 Å². The lowest BCUT2D eigenvalue weighted by molar-refractivity contribution is -0.318. The Morgan fingerprint density at radius 2 is 1.85 bits per heavy atom. The van der Waals surface area contributed by atoms with Crippen LogP contribution in [0, 0.1) is 5.41 Å². The van der Waals surface area contributed by atoms with E-state index < -0.39 is 30.1 Å². The molecule has 0 spiro atoms. The van der Waals surface area contributed by atoms with Crippen LogP contribution in [0.1, 0.15) is 34.6 Å². The number of rotatable bonds is 2. The second-order valence-electron chi connectivity index (χ2n) is 6.85. The van der Waals surface area contributed by atoms with E-state index in [1.807, 2.05) is 19.9 Å². The van der Waals surface area contributed by atoms with Crippen molar-refractivity contribution in [3.8, 4) is 0 Å². The molecule has 0 amide bonds. The molecule has 2 fully saturated rings. The molecule has 114 valence electrons. The van der Waals surface area contributed by atoms with Crippen molar-refractivity contribution in [3.05, 3.63) is 12.2 Å². The predicted octanol–water partition coefficient (Wildman–Crippen LogP) is 2.05. The van der Waals surface area contributed by atoms with E-state index in [4.69, 9.17) is 18.9 Å². The van der Waals surface area contributed by atoms with Gasteiger partial charge in [-0.3, -0.25) is 0 Å². The molecule has 0 N–H and O–H groups in total. The SMILES string of the molecule is CO[C@H]1C(=O)OC2[C@H]1OC(C)(C)O[C@@H]2/C=C/C(C)(C)C. The second-order valence-corrected chi connectivity index (χ2v) is 6.85. The standard InChI is InChI=1S/C15H24O5/c1-14(2,3)8-7-9-10-11(20-15(4,5)19-9)12(17-6)13(16)18-10/h7-12H,1-6H3/b8-7+/t9-,10?,11-,12-/m1/s1.